The third kappa shape index (κ3) is 3.78. The molecule has 6 nitrogen and oxygen atoms in total. The summed E-state index contributed by atoms with van der Waals surface area (Å²) in [7, 11) is 2.96. The molecule has 1 aromatic carbocycles. The number of esters is 1. The molecule has 1 aromatic heterocycles. The first-order valence-corrected chi connectivity index (χ1v) is 6.97. The van der Waals surface area contributed by atoms with E-state index in [1.165, 1.54) is 7.11 Å². The number of aromatic nitrogens is 2. The molecule has 2 rings (SSSR count). The lowest BCUT2D eigenvalue weighted by atomic mass is 10.0. The molecule has 1 N–H and O–H groups in total. The summed E-state index contributed by atoms with van der Waals surface area (Å²) in [5.74, 6) is 0.682. The minimum absolute atomic E-state index is 0.309. The van der Waals surface area contributed by atoms with E-state index in [0.29, 0.717) is 24.4 Å². The highest BCUT2D eigenvalue weighted by Gasteiger charge is 2.16. The van der Waals surface area contributed by atoms with Crippen LogP contribution in [0.1, 0.15) is 19.2 Å². The number of carbonyl (C=O) groups is 1. The largest absolute Gasteiger partial charge is 0.497 e. The summed E-state index contributed by atoms with van der Waals surface area (Å²) in [6.07, 6.45) is 2.39. The predicted octanol–water partition coefficient (Wildman–Crippen LogP) is 2.40. The highest BCUT2D eigenvalue weighted by molar-refractivity contribution is 5.87. The average molecular weight is 301 g/mol. The Balaban J connectivity index is 2.08. The zero-order chi connectivity index (χ0) is 16.1. The van der Waals surface area contributed by atoms with Crippen LogP contribution in [0.15, 0.2) is 24.4 Å². The van der Waals surface area contributed by atoms with Crippen LogP contribution in [-0.2, 0) is 16.0 Å². The maximum absolute atomic E-state index is 11.4. The van der Waals surface area contributed by atoms with Crippen molar-refractivity contribution in [3.05, 3.63) is 30.2 Å². The van der Waals surface area contributed by atoms with Crippen LogP contribution >= 0.6 is 0 Å². The third-order valence-electron chi connectivity index (χ3n) is 3.36. The highest BCUT2D eigenvalue weighted by Crippen LogP contribution is 2.18. The molecular weight excluding hydrogens is 282 g/mol. The number of rotatable bonds is 6. The maximum Gasteiger partial charge on any atom is 0.308 e. The Bertz CT molecular complexity index is 700. The Morgan fingerprint density at radius 1 is 1.36 bits per heavy atom. The summed E-state index contributed by atoms with van der Waals surface area (Å²) in [5.41, 5.74) is 1.21. The van der Waals surface area contributed by atoms with Crippen molar-refractivity contribution in [2.45, 2.75) is 19.8 Å². The standard InChI is InChI=1S/C16H19N3O3/c1-10(16(20)22-3)6-12(17)8-15-18-9-11-7-13(21-2)4-5-14(11)19-15/h4-5,7,9-10,17H,6,8H2,1-3H3/t10-/m1/s1. The van der Waals surface area contributed by atoms with Gasteiger partial charge >= 0.3 is 5.97 Å². The van der Waals surface area contributed by atoms with Gasteiger partial charge in [0.2, 0.25) is 0 Å². The van der Waals surface area contributed by atoms with Crippen LogP contribution in [0, 0.1) is 11.3 Å². The molecule has 0 aliphatic carbocycles. The van der Waals surface area contributed by atoms with Crippen LogP contribution in [0.3, 0.4) is 0 Å². The van der Waals surface area contributed by atoms with E-state index in [2.05, 4.69) is 14.7 Å². The SMILES string of the molecule is COC(=O)[C@H](C)CC(=N)Cc1ncc2cc(OC)ccc2n1. The molecule has 0 spiro atoms. The molecule has 0 unspecified atom stereocenters. The molecule has 0 radical (unpaired) electrons. The Hall–Kier alpha value is -2.50. The van der Waals surface area contributed by atoms with Gasteiger partial charge in [-0.05, 0) is 24.6 Å². The monoisotopic (exact) mass is 301 g/mol. The molecule has 6 heteroatoms. The first-order valence-electron chi connectivity index (χ1n) is 6.97. The zero-order valence-corrected chi connectivity index (χ0v) is 12.9. The van der Waals surface area contributed by atoms with Gasteiger partial charge in [0.15, 0.2) is 0 Å². The molecule has 0 saturated heterocycles. The lowest BCUT2D eigenvalue weighted by Gasteiger charge is -2.10. The molecule has 1 heterocycles. The van der Waals surface area contributed by atoms with Crippen LogP contribution in [0.4, 0.5) is 0 Å². The normalized spacial score (nSPS) is 12.0. The van der Waals surface area contributed by atoms with Crippen molar-refractivity contribution in [2.24, 2.45) is 5.92 Å². The van der Waals surface area contributed by atoms with Gasteiger partial charge in [0.25, 0.3) is 0 Å². The number of hydrogen-bond donors (Lipinski definition) is 1. The van der Waals surface area contributed by atoms with Crippen LogP contribution in [0.25, 0.3) is 10.9 Å². The van der Waals surface area contributed by atoms with E-state index >= 15 is 0 Å². The number of carbonyl (C=O) groups excluding carboxylic acids is 1. The van der Waals surface area contributed by atoms with Crippen LogP contribution < -0.4 is 4.74 Å². The van der Waals surface area contributed by atoms with Crippen molar-refractivity contribution >= 4 is 22.6 Å². The maximum atomic E-state index is 11.4. The molecule has 0 bridgehead atoms. The van der Waals surface area contributed by atoms with Gasteiger partial charge in [-0.3, -0.25) is 4.79 Å². The molecular formula is C16H19N3O3. The Labute approximate surface area is 129 Å². The molecule has 0 saturated carbocycles. The van der Waals surface area contributed by atoms with Gasteiger partial charge in [0.05, 0.1) is 25.7 Å². The summed E-state index contributed by atoms with van der Waals surface area (Å²) in [6.45, 7) is 1.74. The number of hydrogen-bond acceptors (Lipinski definition) is 6. The molecule has 1 atom stereocenters. The van der Waals surface area contributed by atoms with Crippen LogP contribution in [0.5, 0.6) is 5.75 Å². The fourth-order valence-electron chi connectivity index (χ4n) is 2.18. The number of nitrogens with one attached hydrogen (secondary N) is 1. The van der Waals surface area contributed by atoms with Gasteiger partial charge < -0.3 is 14.9 Å². The van der Waals surface area contributed by atoms with Crippen molar-refractivity contribution in [1.82, 2.24) is 9.97 Å². The van der Waals surface area contributed by atoms with Crippen molar-refractivity contribution in [3.63, 3.8) is 0 Å². The lowest BCUT2D eigenvalue weighted by molar-refractivity contribution is -0.144. The molecule has 0 aliphatic heterocycles. The molecule has 22 heavy (non-hydrogen) atoms. The number of fused-ring (bicyclic) bond motifs is 1. The summed E-state index contributed by atoms with van der Waals surface area (Å²) in [4.78, 5) is 20.1. The summed E-state index contributed by atoms with van der Waals surface area (Å²) >= 11 is 0. The van der Waals surface area contributed by atoms with E-state index in [-0.39, 0.29) is 11.9 Å². The first kappa shape index (κ1) is 15.9. The van der Waals surface area contributed by atoms with E-state index in [9.17, 15) is 4.79 Å². The van der Waals surface area contributed by atoms with Crippen LogP contribution in [0.2, 0.25) is 0 Å². The van der Waals surface area contributed by atoms with E-state index in [1.807, 2.05) is 18.2 Å². The van der Waals surface area contributed by atoms with E-state index < -0.39 is 0 Å². The van der Waals surface area contributed by atoms with Gasteiger partial charge in [-0.15, -0.1) is 0 Å². The lowest BCUT2D eigenvalue weighted by Crippen LogP contribution is -2.18. The summed E-state index contributed by atoms with van der Waals surface area (Å²) in [5, 5.41) is 8.88. The first-order chi connectivity index (χ1) is 10.5. The van der Waals surface area contributed by atoms with Gasteiger partial charge in [0.1, 0.15) is 11.6 Å². The minimum Gasteiger partial charge on any atom is -0.497 e. The van der Waals surface area contributed by atoms with Gasteiger partial charge in [-0.1, -0.05) is 6.92 Å². The quantitative estimate of drug-likeness (QED) is 0.654. The fraction of sp³-hybridized carbons (Fsp3) is 0.375. The third-order valence-corrected chi connectivity index (χ3v) is 3.36. The number of benzene rings is 1. The number of ether oxygens (including phenoxy) is 2. The second-order valence-electron chi connectivity index (χ2n) is 5.12. The van der Waals surface area contributed by atoms with E-state index in [1.54, 1.807) is 20.2 Å². The second-order valence-corrected chi connectivity index (χ2v) is 5.12. The predicted molar refractivity (Wildman–Crippen MR) is 83.3 cm³/mol. The second kappa shape index (κ2) is 6.98. The zero-order valence-electron chi connectivity index (χ0n) is 12.9. The van der Waals surface area contributed by atoms with Crippen molar-refractivity contribution in [3.8, 4) is 5.75 Å². The number of nitrogens with zero attached hydrogens (tertiary/aromatic N) is 2. The molecule has 116 valence electrons. The Morgan fingerprint density at radius 2 is 2.14 bits per heavy atom. The average Bonchev–Trinajstić information content (AvgIpc) is 2.53. The van der Waals surface area contributed by atoms with Gasteiger partial charge in [-0.25, -0.2) is 9.97 Å². The number of methoxy groups -OCH3 is 2. The summed E-state index contributed by atoms with van der Waals surface area (Å²) < 4.78 is 9.82. The molecule has 0 fully saturated rings. The highest BCUT2D eigenvalue weighted by atomic mass is 16.5. The molecule has 2 aromatic rings. The Kier molecular flexibility index (Phi) is 5.04. The molecule has 0 amide bonds. The van der Waals surface area contributed by atoms with Crippen molar-refractivity contribution in [2.75, 3.05) is 14.2 Å². The smallest absolute Gasteiger partial charge is 0.308 e. The molecule has 0 aliphatic rings. The topological polar surface area (TPSA) is 85.2 Å². The van der Waals surface area contributed by atoms with E-state index in [4.69, 9.17) is 10.1 Å². The summed E-state index contributed by atoms with van der Waals surface area (Å²) in [6, 6.07) is 5.56. The fourth-order valence-corrected chi connectivity index (χ4v) is 2.18. The Morgan fingerprint density at radius 3 is 2.82 bits per heavy atom. The van der Waals surface area contributed by atoms with Crippen molar-refractivity contribution in [1.29, 1.82) is 5.41 Å². The van der Waals surface area contributed by atoms with Gasteiger partial charge in [0, 0.05) is 23.7 Å². The van der Waals surface area contributed by atoms with Crippen molar-refractivity contribution < 1.29 is 14.3 Å². The minimum atomic E-state index is -0.331. The van der Waals surface area contributed by atoms with E-state index in [0.717, 1.165) is 16.7 Å². The van der Waals surface area contributed by atoms with Gasteiger partial charge in [-0.2, -0.15) is 0 Å². The van der Waals surface area contributed by atoms with Crippen LogP contribution in [-0.4, -0.2) is 35.9 Å².